The molecule has 0 atom stereocenters. The van der Waals surface area contributed by atoms with Crippen molar-refractivity contribution in [2.24, 2.45) is 11.5 Å². The summed E-state index contributed by atoms with van der Waals surface area (Å²) in [5, 5.41) is 0. The standard InChI is InChI=1S/C18H18N2O4/c19-17(21)13-7-1-3-9-15(13)23-11-5-6-12-24-16-10-4-2-8-14(16)18(20)22/h1-10H,11-12H2,(H2,19,21)(H2,20,22)/b6-5+. The summed E-state index contributed by atoms with van der Waals surface area (Å²) < 4.78 is 11.0. The lowest BCUT2D eigenvalue weighted by Gasteiger charge is -2.08. The number of hydrogen-bond donors (Lipinski definition) is 2. The van der Waals surface area contributed by atoms with Crippen molar-refractivity contribution in [3.05, 3.63) is 71.8 Å². The van der Waals surface area contributed by atoms with Gasteiger partial charge in [-0.05, 0) is 36.4 Å². The van der Waals surface area contributed by atoms with Gasteiger partial charge in [-0.2, -0.15) is 0 Å². The molecule has 0 unspecified atom stereocenters. The number of para-hydroxylation sites is 2. The summed E-state index contributed by atoms with van der Waals surface area (Å²) in [6, 6.07) is 13.5. The lowest BCUT2D eigenvalue weighted by atomic mass is 10.2. The Bertz CT molecular complexity index is 693. The molecule has 0 aliphatic carbocycles. The highest BCUT2D eigenvalue weighted by Gasteiger charge is 2.08. The van der Waals surface area contributed by atoms with Crippen LogP contribution in [0.5, 0.6) is 11.5 Å². The SMILES string of the molecule is NC(=O)c1ccccc1OC/C=C/COc1ccccc1C(N)=O. The molecule has 0 saturated heterocycles. The molecule has 0 fully saturated rings. The first-order chi connectivity index (χ1) is 11.6. The molecule has 0 radical (unpaired) electrons. The van der Waals surface area contributed by atoms with Crippen LogP contribution in [0.4, 0.5) is 0 Å². The molecule has 0 aromatic heterocycles. The third-order valence-electron chi connectivity index (χ3n) is 3.14. The molecule has 124 valence electrons. The highest BCUT2D eigenvalue weighted by atomic mass is 16.5. The maximum atomic E-state index is 11.3. The maximum absolute atomic E-state index is 11.3. The zero-order valence-corrected chi connectivity index (χ0v) is 13.0. The first-order valence-electron chi connectivity index (χ1n) is 7.28. The molecule has 0 heterocycles. The van der Waals surface area contributed by atoms with E-state index in [9.17, 15) is 9.59 Å². The van der Waals surface area contributed by atoms with Crippen LogP contribution < -0.4 is 20.9 Å². The van der Waals surface area contributed by atoms with Crippen molar-refractivity contribution < 1.29 is 19.1 Å². The fourth-order valence-electron chi connectivity index (χ4n) is 2.00. The lowest BCUT2D eigenvalue weighted by Crippen LogP contribution is -2.13. The first kappa shape index (κ1) is 17.1. The summed E-state index contributed by atoms with van der Waals surface area (Å²) in [5.41, 5.74) is 11.2. The van der Waals surface area contributed by atoms with E-state index in [1.165, 1.54) is 0 Å². The van der Waals surface area contributed by atoms with Gasteiger partial charge in [-0.25, -0.2) is 0 Å². The normalized spacial score (nSPS) is 10.5. The number of primary amides is 2. The number of hydrogen-bond acceptors (Lipinski definition) is 4. The first-order valence-corrected chi connectivity index (χ1v) is 7.28. The van der Waals surface area contributed by atoms with E-state index in [0.717, 1.165) is 0 Å². The van der Waals surface area contributed by atoms with Crippen molar-refractivity contribution >= 4 is 11.8 Å². The number of benzene rings is 2. The molecule has 0 saturated carbocycles. The molecule has 2 aromatic carbocycles. The van der Waals surface area contributed by atoms with Crippen LogP contribution in [0.25, 0.3) is 0 Å². The monoisotopic (exact) mass is 326 g/mol. The van der Waals surface area contributed by atoms with E-state index in [2.05, 4.69) is 0 Å². The van der Waals surface area contributed by atoms with Crippen molar-refractivity contribution in [1.29, 1.82) is 0 Å². The number of carbonyl (C=O) groups is 2. The van der Waals surface area contributed by atoms with Crippen molar-refractivity contribution in [3.8, 4) is 11.5 Å². The van der Waals surface area contributed by atoms with E-state index >= 15 is 0 Å². The molecule has 2 aromatic rings. The Kier molecular flexibility index (Phi) is 5.96. The summed E-state index contributed by atoms with van der Waals surface area (Å²) in [4.78, 5) is 22.5. The number of rotatable bonds is 8. The summed E-state index contributed by atoms with van der Waals surface area (Å²) in [6.45, 7) is 0.510. The van der Waals surface area contributed by atoms with E-state index in [-0.39, 0.29) is 13.2 Å². The summed E-state index contributed by atoms with van der Waals surface area (Å²) >= 11 is 0. The Morgan fingerprint density at radius 2 is 1.12 bits per heavy atom. The Morgan fingerprint density at radius 3 is 1.50 bits per heavy atom. The van der Waals surface area contributed by atoms with Crippen LogP contribution >= 0.6 is 0 Å². The molecule has 0 aliphatic heterocycles. The minimum absolute atomic E-state index is 0.255. The van der Waals surface area contributed by atoms with Gasteiger partial charge in [0.2, 0.25) is 0 Å². The van der Waals surface area contributed by atoms with Gasteiger partial charge in [0.15, 0.2) is 0 Å². The number of nitrogens with two attached hydrogens (primary N) is 2. The van der Waals surface area contributed by atoms with Crippen molar-refractivity contribution in [1.82, 2.24) is 0 Å². The van der Waals surface area contributed by atoms with Gasteiger partial charge < -0.3 is 20.9 Å². The van der Waals surface area contributed by atoms with Crippen LogP contribution in [-0.4, -0.2) is 25.0 Å². The third-order valence-corrected chi connectivity index (χ3v) is 3.14. The fourth-order valence-corrected chi connectivity index (χ4v) is 2.00. The van der Waals surface area contributed by atoms with Crippen LogP contribution in [0, 0.1) is 0 Å². The molecular weight excluding hydrogens is 308 g/mol. The Morgan fingerprint density at radius 1 is 0.750 bits per heavy atom. The molecule has 24 heavy (non-hydrogen) atoms. The van der Waals surface area contributed by atoms with Gasteiger partial charge in [0, 0.05) is 0 Å². The second-order valence-corrected chi connectivity index (χ2v) is 4.81. The van der Waals surface area contributed by atoms with E-state index in [1.807, 2.05) is 0 Å². The predicted molar refractivity (Wildman–Crippen MR) is 90.0 cm³/mol. The van der Waals surface area contributed by atoms with Crippen LogP contribution in [0.1, 0.15) is 20.7 Å². The van der Waals surface area contributed by atoms with Gasteiger partial charge in [-0.1, -0.05) is 24.3 Å². The van der Waals surface area contributed by atoms with Gasteiger partial charge in [0.1, 0.15) is 24.7 Å². The van der Waals surface area contributed by atoms with E-state index in [4.69, 9.17) is 20.9 Å². The molecule has 0 bridgehead atoms. The Hall–Kier alpha value is -3.28. The second kappa shape index (κ2) is 8.38. The van der Waals surface area contributed by atoms with Crippen LogP contribution in [-0.2, 0) is 0 Å². The molecule has 2 amide bonds. The van der Waals surface area contributed by atoms with Crippen molar-refractivity contribution in [2.75, 3.05) is 13.2 Å². The molecule has 0 aliphatic rings. The smallest absolute Gasteiger partial charge is 0.252 e. The maximum Gasteiger partial charge on any atom is 0.252 e. The van der Waals surface area contributed by atoms with Gasteiger partial charge in [-0.3, -0.25) is 9.59 Å². The Labute approximate surface area is 139 Å². The fraction of sp³-hybridized carbons (Fsp3) is 0.111. The largest absolute Gasteiger partial charge is 0.489 e. The average Bonchev–Trinajstić information content (AvgIpc) is 2.58. The average molecular weight is 326 g/mol. The second-order valence-electron chi connectivity index (χ2n) is 4.81. The number of amides is 2. The highest BCUT2D eigenvalue weighted by Crippen LogP contribution is 2.18. The molecular formula is C18H18N2O4. The Balaban J connectivity index is 1.84. The van der Waals surface area contributed by atoms with E-state index < -0.39 is 11.8 Å². The van der Waals surface area contributed by atoms with Crippen molar-refractivity contribution in [2.45, 2.75) is 0 Å². The highest BCUT2D eigenvalue weighted by molar-refractivity contribution is 5.96. The summed E-state index contributed by atoms with van der Waals surface area (Å²) in [5.74, 6) is -0.230. The molecule has 2 rings (SSSR count). The minimum atomic E-state index is -0.541. The van der Waals surface area contributed by atoms with Crippen LogP contribution in [0.15, 0.2) is 60.7 Å². The quantitative estimate of drug-likeness (QED) is 0.723. The van der Waals surface area contributed by atoms with Crippen LogP contribution in [0.3, 0.4) is 0 Å². The van der Waals surface area contributed by atoms with Gasteiger partial charge in [0.25, 0.3) is 11.8 Å². The van der Waals surface area contributed by atoms with Crippen molar-refractivity contribution in [3.63, 3.8) is 0 Å². The summed E-state index contributed by atoms with van der Waals surface area (Å²) in [6.07, 6.45) is 3.48. The zero-order valence-electron chi connectivity index (χ0n) is 13.0. The molecule has 6 heteroatoms. The zero-order chi connectivity index (χ0) is 17.4. The van der Waals surface area contributed by atoms with Gasteiger partial charge in [-0.15, -0.1) is 0 Å². The van der Waals surface area contributed by atoms with Crippen LogP contribution in [0.2, 0.25) is 0 Å². The van der Waals surface area contributed by atoms with E-state index in [1.54, 1.807) is 60.7 Å². The minimum Gasteiger partial charge on any atom is -0.489 e. The van der Waals surface area contributed by atoms with Gasteiger partial charge in [0.05, 0.1) is 11.1 Å². The van der Waals surface area contributed by atoms with E-state index in [0.29, 0.717) is 22.6 Å². The number of ether oxygens (including phenoxy) is 2. The lowest BCUT2D eigenvalue weighted by molar-refractivity contribution is 0.0988. The molecule has 6 nitrogen and oxygen atoms in total. The summed E-state index contributed by atoms with van der Waals surface area (Å²) in [7, 11) is 0. The number of carbonyl (C=O) groups excluding carboxylic acids is 2. The molecule has 4 N–H and O–H groups in total. The third kappa shape index (κ3) is 4.61. The predicted octanol–water partition coefficient (Wildman–Crippen LogP) is 1.90. The van der Waals surface area contributed by atoms with Gasteiger partial charge >= 0.3 is 0 Å². The molecule has 0 spiro atoms. The topological polar surface area (TPSA) is 105 Å².